The molecule has 0 bridgehead atoms. The summed E-state index contributed by atoms with van der Waals surface area (Å²) in [4.78, 5) is 15.1. The van der Waals surface area contributed by atoms with Crippen LogP contribution < -0.4 is 9.80 Å². The first-order valence-electron chi connectivity index (χ1n) is 11.2. The Morgan fingerprint density at radius 3 is 2.41 bits per heavy atom. The molecule has 4 nitrogen and oxygen atoms in total. The predicted molar refractivity (Wildman–Crippen MR) is 122 cm³/mol. The second-order valence-corrected chi connectivity index (χ2v) is 8.50. The predicted octanol–water partition coefficient (Wildman–Crippen LogP) is 5.45. The molecule has 150 valence electrons. The van der Waals surface area contributed by atoms with Crippen LogP contribution in [0.5, 0.6) is 0 Å². The highest BCUT2D eigenvalue weighted by Gasteiger charge is 2.25. The molecule has 2 fully saturated rings. The summed E-state index contributed by atoms with van der Waals surface area (Å²) in [5.74, 6) is 1.09. The van der Waals surface area contributed by atoms with Gasteiger partial charge in [0.2, 0.25) is 0 Å². The van der Waals surface area contributed by atoms with Crippen molar-refractivity contribution in [3.8, 4) is 11.3 Å². The van der Waals surface area contributed by atoms with Gasteiger partial charge < -0.3 is 9.80 Å². The molecule has 1 unspecified atom stereocenters. The average Bonchev–Trinajstić information content (AvgIpc) is 3.44. The Kier molecular flexibility index (Phi) is 4.86. The molecule has 4 heteroatoms. The number of aromatic nitrogens is 2. The van der Waals surface area contributed by atoms with Crippen molar-refractivity contribution in [3.63, 3.8) is 0 Å². The largest absolute Gasteiger partial charge is 0.371 e. The van der Waals surface area contributed by atoms with E-state index in [9.17, 15) is 0 Å². The van der Waals surface area contributed by atoms with E-state index in [1.165, 1.54) is 42.3 Å². The van der Waals surface area contributed by atoms with E-state index in [1.807, 2.05) is 0 Å². The summed E-state index contributed by atoms with van der Waals surface area (Å²) in [5, 5.41) is 1.18. The molecule has 4 heterocycles. The lowest BCUT2D eigenvalue weighted by Crippen LogP contribution is -2.28. The average molecular weight is 387 g/mol. The van der Waals surface area contributed by atoms with Crippen molar-refractivity contribution in [2.45, 2.75) is 52.0 Å². The Morgan fingerprint density at radius 1 is 0.931 bits per heavy atom. The monoisotopic (exact) mass is 386 g/mol. The standard InChI is InChI=1S/C25H30N4/c1-3-19-8-10-20(11-9-19)22-13-12-21-23(28-14-4-5-15-28)17-24(27-25(21)26-22)29-16-6-7-18(29)2/h8-13,17-18H,3-7,14-16H2,1-2H3. The van der Waals surface area contributed by atoms with Crippen molar-refractivity contribution in [2.75, 3.05) is 29.4 Å². The molecular weight excluding hydrogens is 356 g/mol. The molecule has 0 N–H and O–H groups in total. The molecule has 2 aromatic heterocycles. The van der Waals surface area contributed by atoms with Crippen molar-refractivity contribution < 1.29 is 0 Å². The molecule has 0 amide bonds. The molecule has 2 saturated heterocycles. The van der Waals surface area contributed by atoms with Crippen LogP contribution >= 0.6 is 0 Å². The van der Waals surface area contributed by atoms with Gasteiger partial charge in [-0.15, -0.1) is 0 Å². The Balaban J connectivity index is 1.62. The van der Waals surface area contributed by atoms with E-state index < -0.39 is 0 Å². The molecular formula is C25H30N4. The lowest BCUT2D eigenvalue weighted by Gasteiger charge is -2.26. The molecule has 5 rings (SSSR count). The molecule has 1 aromatic carbocycles. The summed E-state index contributed by atoms with van der Waals surface area (Å²) < 4.78 is 0. The summed E-state index contributed by atoms with van der Waals surface area (Å²) in [6, 6.07) is 16.0. The van der Waals surface area contributed by atoms with Crippen LogP contribution in [0, 0.1) is 0 Å². The molecule has 3 aromatic rings. The molecule has 2 aliphatic rings. The Morgan fingerprint density at radius 2 is 1.72 bits per heavy atom. The van der Waals surface area contributed by atoms with E-state index >= 15 is 0 Å². The molecule has 29 heavy (non-hydrogen) atoms. The number of anilines is 2. The molecule has 0 aliphatic carbocycles. The van der Waals surface area contributed by atoms with Crippen molar-refractivity contribution in [2.24, 2.45) is 0 Å². The number of fused-ring (bicyclic) bond motifs is 1. The first-order valence-corrected chi connectivity index (χ1v) is 11.2. The van der Waals surface area contributed by atoms with Gasteiger partial charge in [0.15, 0.2) is 5.65 Å². The molecule has 0 spiro atoms. The minimum absolute atomic E-state index is 0.552. The van der Waals surface area contributed by atoms with Crippen molar-refractivity contribution >= 4 is 22.5 Å². The molecule has 0 saturated carbocycles. The first-order chi connectivity index (χ1) is 14.2. The van der Waals surface area contributed by atoms with E-state index in [2.05, 4.69) is 66.1 Å². The maximum Gasteiger partial charge on any atom is 0.164 e. The van der Waals surface area contributed by atoms with Gasteiger partial charge in [-0.05, 0) is 56.7 Å². The van der Waals surface area contributed by atoms with Crippen LogP contribution in [0.3, 0.4) is 0 Å². The summed E-state index contributed by atoms with van der Waals surface area (Å²) in [7, 11) is 0. The smallest absolute Gasteiger partial charge is 0.164 e. The fourth-order valence-corrected chi connectivity index (χ4v) is 4.79. The number of nitrogens with zero attached hydrogens (tertiary/aromatic N) is 4. The third-order valence-electron chi connectivity index (χ3n) is 6.59. The Bertz CT molecular complexity index is 1010. The zero-order valence-electron chi connectivity index (χ0n) is 17.6. The molecule has 1 atom stereocenters. The SMILES string of the molecule is CCc1ccc(-c2ccc3c(N4CCCC4)cc(N4CCCC4C)nc3n2)cc1. The van der Waals surface area contributed by atoms with Gasteiger partial charge in [0.25, 0.3) is 0 Å². The van der Waals surface area contributed by atoms with Crippen molar-refractivity contribution in [1.29, 1.82) is 0 Å². The zero-order chi connectivity index (χ0) is 19.8. The zero-order valence-corrected chi connectivity index (χ0v) is 17.6. The minimum atomic E-state index is 0.552. The van der Waals surface area contributed by atoms with Gasteiger partial charge >= 0.3 is 0 Å². The second-order valence-electron chi connectivity index (χ2n) is 8.50. The highest BCUT2D eigenvalue weighted by atomic mass is 15.2. The van der Waals surface area contributed by atoms with Crippen LogP contribution in [0.2, 0.25) is 0 Å². The van der Waals surface area contributed by atoms with Gasteiger partial charge in [-0.2, -0.15) is 0 Å². The highest BCUT2D eigenvalue weighted by Crippen LogP contribution is 2.35. The number of benzene rings is 1. The summed E-state index contributed by atoms with van der Waals surface area (Å²) in [6.45, 7) is 7.86. The number of pyridine rings is 2. The Hall–Kier alpha value is -2.62. The fourth-order valence-electron chi connectivity index (χ4n) is 4.79. The fraction of sp³-hybridized carbons (Fsp3) is 0.440. The normalized spacial score (nSPS) is 19.4. The summed E-state index contributed by atoms with van der Waals surface area (Å²) >= 11 is 0. The maximum atomic E-state index is 5.05. The van der Waals surface area contributed by atoms with Crippen LogP contribution in [-0.4, -0.2) is 35.6 Å². The van der Waals surface area contributed by atoms with Gasteiger partial charge in [0, 0.05) is 42.7 Å². The third kappa shape index (κ3) is 3.45. The topological polar surface area (TPSA) is 32.3 Å². The van der Waals surface area contributed by atoms with Crippen LogP contribution in [0.4, 0.5) is 11.5 Å². The second kappa shape index (κ2) is 7.66. The van der Waals surface area contributed by atoms with Gasteiger partial charge in [-0.1, -0.05) is 31.2 Å². The van der Waals surface area contributed by atoms with Crippen LogP contribution in [0.1, 0.15) is 45.1 Å². The number of rotatable bonds is 4. The van der Waals surface area contributed by atoms with Crippen LogP contribution in [-0.2, 0) is 6.42 Å². The quantitative estimate of drug-likeness (QED) is 0.597. The van der Waals surface area contributed by atoms with Gasteiger partial charge in [-0.25, -0.2) is 9.97 Å². The van der Waals surface area contributed by atoms with E-state index in [0.717, 1.165) is 48.8 Å². The number of aryl methyl sites for hydroxylation is 1. The number of hydrogen-bond donors (Lipinski definition) is 0. The van der Waals surface area contributed by atoms with Gasteiger partial charge in [0.1, 0.15) is 5.82 Å². The van der Waals surface area contributed by atoms with E-state index in [1.54, 1.807) is 0 Å². The first kappa shape index (κ1) is 18.4. The van der Waals surface area contributed by atoms with Crippen molar-refractivity contribution in [3.05, 3.63) is 48.0 Å². The summed E-state index contributed by atoms with van der Waals surface area (Å²) in [6.07, 6.45) is 6.10. The van der Waals surface area contributed by atoms with Gasteiger partial charge in [-0.3, -0.25) is 0 Å². The van der Waals surface area contributed by atoms with E-state index in [-0.39, 0.29) is 0 Å². The third-order valence-corrected chi connectivity index (χ3v) is 6.59. The lowest BCUT2D eigenvalue weighted by atomic mass is 10.1. The minimum Gasteiger partial charge on any atom is -0.371 e. The van der Waals surface area contributed by atoms with Crippen molar-refractivity contribution in [1.82, 2.24) is 9.97 Å². The molecule has 2 aliphatic heterocycles. The highest BCUT2D eigenvalue weighted by molar-refractivity contribution is 5.93. The van der Waals surface area contributed by atoms with E-state index in [0.29, 0.717) is 6.04 Å². The Labute approximate surface area is 173 Å². The van der Waals surface area contributed by atoms with Crippen LogP contribution in [0.25, 0.3) is 22.3 Å². The summed E-state index contributed by atoms with van der Waals surface area (Å²) in [5.41, 5.74) is 5.71. The van der Waals surface area contributed by atoms with Gasteiger partial charge in [0.05, 0.1) is 11.4 Å². The van der Waals surface area contributed by atoms with E-state index in [4.69, 9.17) is 9.97 Å². The maximum absolute atomic E-state index is 5.05. The lowest BCUT2D eigenvalue weighted by molar-refractivity contribution is 0.728. The van der Waals surface area contributed by atoms with Crippen LogP contribution in [0.15, 0.2) is 42.5 Å². The molecule has 0 radical (unpaired) electrons. The number of hydrogen-bond acceptors (Lipinski definition) is 4.